The van der Waals surface area contributed by atoms with Crippen LogP contribution in [0.2, 0.25) is 0 Å². The zero-order valence-corrected chi connectivity index (χ0v) is 16.6. The van der Waals surface area contributed by atoms with E-state index in [0.717, 1.165) is 18.0 Å². The fourth-order valence-corrected chi connectivity index (χ4v) is 2.89. The first-order valence-corrected chi connectivity index (χ1v) is 9.26. The number of aryl methyl sites for hydroxylation is 1. The first kappa shape index (κ1) is 20.0. The Bertz CT molecular complexity index is 731. The molecule has 0 aliphatic heterocycles. The molecule has 0 fully saturated rings. The SMILES string of the molecule is Cc1nc(NCCN(C)C)nc(Nc2ncc(CC(=O)NC(C)C)s2)n1. The fourth-order valence-electron chi connectivity index (χ4n) is 2.08. The monoisotopic (exact) mass is 378 g/mol. The number of likely N-dealkylation sites (N-methyl/N-ethyl adjacent to an activating group) is 1. The van der Waals surface area contributed by atoms with Gasteiger partial charge in [-0.2, -0.15) is 15.0 Å². The summed E-state index contributed by atoms with van der Waals surface area (Å²) in [6.45, 7) is 7.30. The van der Waals surface area contributed by atoms with Crippen molar-refractivity contribution < 1.29 is 4.79 Å². The summed E-state index contributed by atoms with van der Waals surface area (Å²) in [5.41, 5.74) is 0. The maximum absolute atomic E-state index is 11.8. The first-order valence-electron chi connectivity index (χ1n) is 8.44. The summed E-state index contributed by atoms with van der Waals surface area (Å²) in [5, 5.41) is 9.77. The third-order valence-electron chi connectivity index (χ3n) is 3.15. The number of carbonyl (C=O) groups excluding carboxylic acids is 1. The van der Waals surface area contributed by atoms with E-state index in [9.17, 15) is 4.79 Å². The molecule has 0 bridgehead atoms. The van der Waals surface area contributed by atoms with Gasteiger partial charge in [0.15, 0.2) is 5.13 Å². The van der Waals surface area contributed by atoms with Gasteiger partial charge in [-0.3, -0.25) is 10.1 Å². The third kappa shape index (κ3) is 6.89. The van der Waals surface area contributed by atoms with Crippen LogP contribution in [0.5, 0.6) is 0 Å². The zero-order valence-electron chi connectivity index (χ0n) is 15.8. The van der Waals surface area contributed by atoms with E-state index < -0.39 is 0 Å². The molecular formula is C16H26N8OS. The van der Waals surface area contributed by atoms with Gasteiger partial charge in [-0.25, -0.2) is 4.98 Å². The van der Waals surface area contributed by atoms with Crippen molar-refractivity contribution in [3.63, 3.8) is 0 Å². The number of thiazole rings is 1. The molecule has 0 aromatic carbocycles. The molecule has 9 nitrogen and oxygen atoms in total. The quantitative estimate of drug-likeness (QED) is 0.601. The van der Waals surface area contributed by atoms with Gasteiger partial charge in [0, 0.05) is 30.2 Å². The average Bonchev–Trinajstić information content (AvgIpc) is 2.92. The van der Waals surface area contributed by atoms with Crippen molar-refractivity contribution in [3.05, 3.63) is 16.9 Å². The topological polar surface area (TPSA) is 108 Å². The predicted octanol–water partition coefficient (Wildman–Crippen LogP) is 1.42. The van der Waals surface area contributed by atoms with Gasteiger partial charge < -0.3 is 15.5 Å². The molecule has 0 radical (unpaired) electrons. The maximum Gasteiger partial charge on any atom is 0.234 e. The Hall–Kier alpha value is -2.33. The van der Waals surface area contributed by atoms with E-state index in [4.69, 9.17) is 0 Å². The van der Waals surface area contributed by atoms with Gasteiger partial charge in [-0.05, 0) is 34.9 Å². The maximum atomic E-state index is 11.8. The summed E-state index contributed by atoms with van der Waals surface area (Å²) < 4.78 is 0. The van der Waals surface area contributed by atoms with E-state index in [1.165, 1.54) is 11.3 Å². The van der Waals surface area contributed by atoms with Crippen LogP contribution in [0.1, 0.15) is 24.5 Å². The molecule has 2 heterocycles. The van der Waals surface area contributed by atoms with E-state index >= 15 is 0 Å². The van der Waals surface area contributed by atoms with Gasteiger partial charge >= 0.3 is 0 Å². The van der Waals surface area contributed by atoms with Crippen molar-refractivity contribution in [1.29, 1.82) is 0 Å². The van der Waals surface area contributed by atoms with Crippen molar-refractivity contribution in [2.45, 2.75) is 33.2 Å². The van der Waals surface area contributed by atoms with Crippen molar-refractivity contribution in [3.8, 4) is 0 Å². The Morgan fingerprint density at radius 1 is 1.23 bits per heavy atom. The smallest absolute Gasteiger partial charge is 0.234 e. The summed E-state index contributed by atoms with van der Waals surface area (Å²) in [7, 11) is 4.02. The van der Waals surface area contributed by atoms with E-state index in [-0.39, 0.29) is 11.9 Å². The van der Waals surface area contributed by atoms with Crippen LogP contribution < -0.4 is 16.0 Å². The Labute approximate surface area is 157 Å². The highest BCUT2D eigenvalue weighted by Gasteiger charge is 2.10. The molecular weight excluding hydrogens is 352 g/mol. The lowest BCUT2D eigenvalue weighted by molar-refractivity contribution is -0.120. The van der Waals surface area contributed by atoms with Crippen LogP contribution in [-0.4, -0.2) is 64.0 Å². The Kier molecular flexibility index (Phi) is 7.22. The van der Waals surface area contributed by atoms with Crippen molar-refractivity contribution in [1.82, 2.24) is 30.2 Å². The number of hydrogen-bond acceptors (Lipinski definition) is 9. The number of rotatable bonds is 9. The molecule has 0 spiro atoms. The molecule has 26 heavy (non-hydrogen) atoms. The van der Waals surface area contributed by atoms with Gasteiger partial charge in [-0.1, -0.05) is 0 Å². The third-order valence-corrected chi connectivity index (χ3v) is 4.06. The second-order valence-corrected chi connectivity index (χ2v) is 7.53. The van der Waals surface area contributed by atoms with Gasteiger partial charge in [0.25, 0.3) is 0 Å². The van der Waals surface area contributed by atoms with Crippen molar-refractivity contribution in [2.75, 3.05) is 37.8 Å². The van der Waals surface area contributed by atoms with E-state index in [1.54, 1.807) is 6.20 Å². The summed E-state index contributed by atoms with van der Waals surface area (Å²) in [6, 6.07) is 0.125. The highest BCUT2D eigenvalue weighted by atomic mass is 32.1. The number of aromatic nitrogens is 4. The van der Waals surface area contributed by atoms with Gasteiger partial charge in [-0.15, -0.1) is 11.3 Å². The number of carbonyl (C=O) groups is 1. The molecule has 0 saturated carbocycles. The minimum Gasteiger partial charge on any atom is -0.354 e. The molecule has 2 aromatic heterocycles. The number of amides is 1. The number of anilines is 3. The molecule has 0 aliphatic rings. The summed E-state index contributed by atoms with van der Waals surface area (Å²) in [4.78, 5) is 32.0. The van der Waals surface area contributed by atoms with Crippen LogP contribution in [0.4, 0.5) is 17.0 Å². The molecule has 2 aromatic rings. The molecule has 142 valence electrons. The minimum absolute atomic E-state index is 0.0152. The Morgan fingerprint density at radius 3 is 2.65 bits per heavy atom. The second kappa shape index (κ2) is 9.39. The molecule has 0 aliphatic carbocycles. The summed E-state index contributed by atoms with van der Waals surface area (Å²) >= 11 is 1.41. The number of hydrogen-bond donors (Lipinski definition) is 3. The lowest BCUT2D eigenvalue weighted by Gasteiger charge is -2.11. The van der Waals surface area contributed by atoms with Crippen LogP contribution in [-0.2, 0) is 11.2 Å². The lowest BCUT2D eigenvalue weighted by Crippen LogP contribution is -2.31. The first-order chi connectivity index (χ1) is 12.3. The standard InChI is InChI=1S/C16H26N8OS/c1-10(2)19-13(25)8-12-9-18-16(26-12)23-15-21-11(3)20-14(22-15)17-6-7-24(4)5/h9-10H,6-8H2,1-5H3,(H,19,25)(H2,17,18,20,21,22,23). The fraction of sp³-hybridized carbons (Fsp3) is 0.562. The van der Waals surface area contributed by atoms with Crippen molar-refractivity contribution >= 4 is 34.3 Å². The Morgan fingerprint density at radius 2 is 1.96 bits per heavy atom. The zero-order chi connectivity index (χ0) is 19.1. The van der Waals surface area contributed by atoms with Gasteiger partial charge in [0.2, 0.25) is 17.8 Å². The van der Waals surface area contributed by atoms with Gasteiger partial charge in [0.05, 0.1) is 6.42 Å². The number of nitrogens with zero attached hydrogens (tertiary/aromatic N) is 5. The second-order valence-electron chi connectivity index (χ2n) is 6.42. The van der Waals surface area contributed by atoms with Gasteiger partial charge in [0.1, 0.15) is 5.82 Å². The van der Waals surface area contributed by atoms with Crippen molar-refractivity contribution in [2.24, 2.45) is 0 Å². The molecule has 1 amide bonds. The summed E-state index contributed by atoms with van der Waals surface area (Å²) in [6.07, 6.45) is 2.00. The normalized spacial score (nSPS) is 11.0. The molecule has 2 rings (SSSR count). The minimum atomic E-state index is -0.0152. The van der Waals surface area contributed by atoms with Crippen LogP contribution in [0.15, 0.2) is 6.20 Å². The molecule has 0 unspecified atom stereocenters. The summed E-state index contributed by atoms with van der Waals surface area (Å²) in [5.74, 6) is 1.55. The van der Waals surface area contributed by atoms with Crippen LogP contribution in [0, 0.1) is 6.92 Å². The largest absolute Gasteiger partial charge is 0.354 e. The van der Waals surface area contributed by atoms with E-state index in [1.807, 2.05) is 34.9 Å². The lowest BCUT2D eigenvalue weighted by atomic mass is 10.3. The molecule has 10 heteroatoms. The van der Waals surface area contributed by atoms with Crippen LogP contribution >= 0.6 is 11.3 Å². The van der Waals surface area contributed by atoms with Crippen LogP contribution in [0.3, 0.4) is 0 Å². The van der Waals surface area contributed by atoms with E-state index in [0.29, 0.717) is 29.3 Å². The van der Waals surface area contributed by atoms with Crippen LogP contribution in [0.25, 0.3) is 0 Å². The average molecular weight is 379 g/mol. The highest BCUT2D eigenvalue weighted by molar-refractivity contribution is 7.15. The van der Waals surface area contributed by atoms with E-state index in [2.05, 4.69) is 40.8 Å². The number of nitrogens with one attached hydrogen (secondary N) is 3. The Balaban J connectivity index is 1.97. The molecule has 0 saturated heterocycles. The molecule has 3 N–H and O–H groups in total. The molecule has 0 atom stereocenters. The predicted molar refractivity (Wildman–Crippen MR) is 104 cm³/mol. The highest BCUT2D eigenvalue weighted by Crippen LogP contribution is 2.21.